The molecule has 1 unspecified atom stereocenters. The molecule has 3 rings (SSSR count). The Balaban J connectivity index is 1.85. The molecule has 0 saturated carbocycles. The highest BCUT2D eigenvalue weighted by Crippen LogP contribution is 2.29. The molecule has 7 heteroatoms. The van der Waals surface area contributed by atoms with Crippen LogP contribution in [-0.2, 0) is 4.74 Å². The van der Waals surface area contributed by atoms with Gasteiger partial charge in [-0.3, -0.25) is 4.79 Å². The van der Waals surface area contributed by atoms with Gasteiger partial charge in [-0.05, 0) is 56.3 Å². The molecule has 2 aromatic rings. The maximum Gasteiger partial charge on any atom is 0.337 e. The number of nitrogens with one attached hydrogen (secondary N) is 1. The molecule has 0 aromatic heterocycles. The summed E-state index contributed by atoms with van der Waals surface area (Å²) in [6.07, 6.45) is 0.948. The molecule has 2 aromatic carbocycles. The van der Waals surface area contributed by atoms with E-state index in [1.807, 2.05) is 25.1 Å². The normalized spacial score (nSPS) is 15.2. The van der Waals surface area contributed by atoms with Crippen molar-refractivity contribution in [1.29, 1.82) is 0 Å². The van der Waals surface area contributed by atoms with Crippen LogP contribution in [0, 0.1) is 0 Å². The van der Waals surface area contributed by atoms with Crippen LogP contribution in [0.5, 0.6) is 5.75 Å². The molecule has 1 saturated heterocycles. The van der Waals surface area contributed by atoms with Crippen molar-refractivity contribution in [3.63, 3.8) is 0 Å². The number of hydrogen-bond acceptors (Lipinski definition) is 6. The van der Waals surface area contributed by atoms with Crippen molar-refractivity contribution >= 4 is 23.3 Å². The minimum atomic E-state index is -0.438. The van der Waals surface area contributed by atoms with E-state index in [0.717, 1.165) is 44.8 Å². The first-order valence-electron chi connectivity index (χ1n) is 11.2. The van der Waals surface area contributed by atoms with Gasteiger partial charge >= 0.3 is 5.97 Å². The van der Waals surface area contributed by atoms with E-state index in [-0.39, 0.29) is 12.0 Å². The minimum Gasteiger partial charge on any atom is -0.491 e. The zero-order valence-corrected chi connectivity index (χ0v) is 19.4. The number of benzene rings is 2. The topological polar surface area (TPSA) is 71.1 Å². The summed E-state index contributed by atoms with van der Waals surface area (Å²) in [5.74, 6) is -0.0342. The number of nitrogens with zero attached hydrogens (tertiary/aromatic N) is 2. The Morgan fingerprint density at radius 3 is 2.44 bits per heavy atom. The Labute approximate surface area is 190 Å². The second kappa shape index (κ2) is 11.0. The van der Waals surface area contributed by atoms with Gasteiger partial charge in [0.1, 0.15) is 5.75 Å². The van der Waals surface area contributed by atoms with E-state index >= 15 is 0 Å². The summed E-state index contributed by atoms with van der Waals surface area (Å²) in [5.41, 5.74) is 2.38. The average Bonchev–Trinajstić information content (AvgIpc) is 2.83. The number of anilines is 2. The first-order chi connectivity index (χ1) is 15.4. The van der Waals surface area contributed by atoms with Crippen LogP contribution in [0.3, 0.4) is 0 Å². The van der Waals surface area contributed by atoms with Gasteiger partial charge < -0.3 is 24.6 Å². The molecule has 1 aliphatic rings. The summed E-state index contributed by atoms with van der Waals surface area (Å²) in [4.78, 5) is 29.8. The lowest BCUT2D eigenvalue weighted by molar-refractivity contribution is 0.0600. The Hall–Kier alpha value is -3.06. The van der Waals surface area contributed by atoms with Crippen LogP contribution in [-0.4, -0.2) is 62.7 Å². The Kier molecular flexibility index (Phi) is 8.11. The fourth-order valence-corrected chi connectivity index (χ4v) is 3.68. The van der Waals surface area contributed by atoms with E-state index in [0.29, 0.717) is 22.6 Å². The summed E-state index contributed by atoms with van der Waals surface area (Å²) in [7, 11) is 1.35. The molecule has 0 aliphatic carbocycles. The number of piperazine rings is 1. The molecule has 1 N–H and O–H groups in total. The highest BCUT2D eigenvalue weighted by Gasteiger charge is 2.21. The van der Waals surface area contributed by atoms with E-state index in [9.17, 15) is 9.59 Å². The van der Waals surface area contributed by atoms with Crippen molar-refractivity contribution < 1.29 is 19.1 Å². The molecule has 1 fully saturated rings. The molecule has 1 heterocycles. The third kappa shape index (κ3) is 5.79. The molecule has 32 heavy (non-hydrogen) atoms. The third-order valence-electron chi connectivity index (χ3n) is 5.83. The molecule has 0 bridgehead atoms. The van der Waals surface area contributed by atoms with Gasteiger partial charge in [0.05, 0.1) is 30.2 Å². The van der Waals surface area contributed by atoms with E-state index < -0.39 is 5.97 Å². The van der Waals surface area contributed by atoms with Crippen LogP contribution in [0.15, 0.2) is 42.5 Å². The first kappa shape index (κ1) is 23.6. The zero-order valence-electron chi connectivity index (χ0n) is 19.4. The standard InChI is InChI=1S/C25H33N3O4/c1-5-18(3)32-21-9-7-8-19(16-21)24(29)26-22-17-20(25(30)31-4)10-11-23(22)28-14-12-27(6-2)13-15-28/h7-11,16-18H,5-6,12-15H2,1-4H3,(H,26,29). The van der Waals surface area contributed by atoms with E-state index in [1.165, 1.54) is 7.11 Å². The van der Waals surface area contributed by atoms with E-state index in [1.54, 1.807) is 24.3 Å². The Morgan fingerprint density at radius 2 is 1.78 bits per heavy atom. The Bertz CT molecular complexity index is 939. The minimum absolute atomic E-state index is 0.0680. The molecule has 1 amide bonds. The van der Waals surface area contributed by atoms with E-state index in [2.05, 4.69) is 29.0 Å². The van der Waals surface area contributed by atoms with Crippen molar-refractivity contribution in [2.75, 3.05) is 50.1 Å². The maximum absolute atomic E-state index is 13.1. The lowest BCUT2D eigenvalue weighted by atomic mass is 10.1. The lowest BCUT2D eigenvalue weighted by Crippen LogP contribution is -2.46. The fraction of sp³-hybridized carbons (Fsp3) is 0.440. The van der Waals surface area contributed by atoms with Crippen LogP contribution >= 0.6 is 0 Å². The van der Waals surface area contributed by atoms with Crippen LogP contribution in [0.25, 0.3) is 0 Å². The number of amides is 1. The lowest BCUT2D eigenvalue weighted by Gasteiger charge is -2.36. The maximum atomic E-state index is 13.1. The third-order valence-corrected chi connectivity index (χ3v) is 5.83. The van der Waals surface area contributed by atoms with Crippen molar-refractivity contribution in [3.05, 3.63) is 53.6 Å². The predicted octanol–water partition coefficient (Wildman–Crippen LogP) is 4.04. The highest BCUT2D eigenvalue weighted by molar-refractivity contribution is 6.07. The first-order valence-corrected chi connectivity index (χ1v) is 11.2. The number of hydrogen-bond donors (Lipinski definition) is 1. The number of carbonyl (C=O) groups is 2. The van der Waals surface area contributed by atoms with Gasteiger partial charge in [-0.2, -0.15) is 0 Å². The van der Waals surface area contributed by atoms with Crippen LogP contribution in [0.1, 0.15) is 47.9 Å². The number of carbonyl (C=O) groups excluding carboxylic acids is 2. The summed E-state index contributed by atoms with van der Waals surface area (Å²) in [5, 5.41) is 3.01. The summed E-state index contributed by atoms with van der Waals surface area (Å²) < 4.78 is 10.7. The SMILES string of the molecule is CCC(C)Oc1cccc(C(=O)Nc2cc(C(=O)OC)ccc2N2CCN(CC)CC2)c1. The smallest absolute Gasteiger partial charge is 0.337 e. The van der Waals surface area contributed by atoms with Crippen LogP contribution in [0.2, 0.25) is 0 Å². The monoisotopic (exact) mass is 439 g/mol. The van der Waals surface area contributed by atoms with Crippen LogP contribution in [0.4, 0.5) is 11.4 Å². The van der Waals surface area contributed by atoms with Crippen molar-refractivity contribution in [3.8, 4) is 5.75 Å². The molecule has 0 spiro atoms. The van der Waals surface area contributed by atoms with E-state index in [4.69, 9.17) is 9.47 Å². The zero-order chi connectivity index (χ0) is 23.1. The summed E-state index contributed by atoms with van der Waals surface area (Å²) in [6, 6.07) is 12.5. The number of ether oxygens (including phenoxy) is 2. The molecule has 7 nitrogen and oxygen atoms in total. The number of rotatable bonds is 8. The summed E-state index contributed by atoms with van der Waals surface area (Å²) >= 11 is 0. The quantitative estimate of drug-likeness (QED) is 0.626. The molecular formula is C25H33N3O4. The largest absolute Gasteiger partial charge is 0.491 e. The summed E-state index contributed by atoms with van der Waals surface area (Å²) in [6.45, 7) is 10.8. The van der Waals surface area contributed by atoms with Crippen molar-refractivity contribution in [2.24, 2.45) is 0 Å². The van der Waals surface area contributed by atoms with Gasteiger partial charge in [-0.25, -0.2) is 4.79 Å². The molecule has 172 valence electrons. The molecule has 1 atom stereocenters. The van der Waals surface area contributed by atoms with Gasteiger partial charge in [0, 0.05) is 31.7 Å². The molecule has 0 radical (unpaired) electrons. The Morgan fingerprint density at radius 1 is 1.03 bits per heavy atom. The van der Waals surface area contributed by atoms with Gasteiger partial charge in [0.25, 0.3) is 5.91 Å². The molecule has 1 aliphatic heterocycles. The van der Waals surface area contributed by atoms with Gasteiger partial charge in [-0.1, -0.05) is 19.9 Å². The highest BCUT2D eigenvalue weighted by atomic mass is 16.5. The number of esters is 1. The van der Waals surface area contributed by atoms with Crippen LogP contribution < -0.4 is 15.0 Å². The number of likely N-dealkylation sites (N-methyl/N-ethyl adjacent to an activating group) is 1. The second-order valence-electron chi connectivity index (χ2n) is 7.96. The fourth-order valence-electron chi connectivity index (χ4n) is 3.68. The predicted molar refractivity (Wildman–Crippen MR) is 127 cm³/mol. The second-order valence-corrected chi connectivity index (χ2v) is 7.96. The van der Waals surface area contributed by atoms with Crippen molar-refractivity contribution in [2.45, 2.75) is 33.3 Å². The van der Waals surface area contributed by atoms with Gasteiger partial charge in [0.2, 0.25) is 0 Å². The number of methoxy groups -OCH3 is 1. The van der Waals surface area contributed by atoms with Gasteiger partial charge in [-0.15, -0.1) is 0 Å². The average molecular weight is 440 g/mol. The van der Waals surface area contributed by atoms with Crippen molar-refractivity contribution in [1.82, 2.24) is 4.90 Å². The molecular weight excluding hydrogens is 406 g/mol. The van der Waals surface area contributed by atoms with Gasteiger partial charge in [0.15, 0.2) is 0 Å².